The Morgan fingerprint density at radius 3 is 2.62 bits per heavy atom. The van der Waals surface area contributed by atoms with Gasteiger partial charge in [-0.2, -0.15) is 0 Å². The summed E-state index contributed by atoms with van der Waals surface area (Å²) in [5, 5.41) is 25.0. The van der Waals surface area contributed by atoms with Gasteiger partial charge in [-0.25, -0.2) is 4.98 Å². The molecule has 0 aliphatic carbocycles. The van der Waals surface area contributed by atoms with Crippen molar-refractivity contribution < 1.29 is 10.0 Å². The van der Waals surface area contributed by atoms with Gasteiger partial charge >= 0.3 is 0 Å². The molecule has 6 nitrogen and oxygen atoms in total. The number of para-hydroxylation sites is 1. The highest BCUT2D eigenvalue weighted by atomic mass is 16.6. The van der Waals surface area contributed by atoms with Gasteiger partial charge in [-0.05, 0) is 19.1 Å². The van der Waals surface area contributed by atoms with E-state index in [1.54, 1.807) is 19.1 Å². The molecule has 1 heterocycles. The van der Waals surface area contributed by atoms with Crippen LogP contribution in [-0.2, 0) is 0 Å². The Labute approximate surface area is 120 Å². The first-order valence-electron chi connectivity index (χ1n) is 6.48. The van der Waals surface area contributed by atoms with E-state index in [1.165, 1.54) is 6.07 Å². The van der Waals surface area contributed by atoms with Gasteiger partial charge in [0.05, 0.1) is 21.6 Å². The Hall–Kier alpha value is -2.73. The molecule has 1 atom stereocenters. The Morgan fingerprint density at radius 2 is 1.90 bits per heavy atom. The number of pyridine rings is 1. The minimum Gasteiger partial charge on any atom is -0.374 e. The summed E-state index contributed by atoms with van der Waals surface area (Å²) in [6.07, 6.45) is -0.834. The molecule has 3 aromatic rings. The number of hydrogen-bond acceptors (Lipinski definition) is 5. The van der Waals surface area contributed by atoms with E-state index in [2.05, 4.69) is 10.3 Å². The summed E-state index contributed by atoms with van der Waals surface area (Å²) in [5.41, 5.74) is 1.73. The third kappa shape index (κ3) is 2.25. The maximum atomic E-state index is 11.3. The van der Waals surface area contributed by atoms with Crippen LogP contribution in [0, 0.1) is 10.1 Å². The zero-order valence-electron chi connectivity index (χ0n) is 11.3. The summed E-state index contributed by atoms with van der Waals surface area (Å²) in [5.74, 6) is 0. The average molecular weight is 283 g/mol. The van der Waals surface area contributed by atoms with Crippen LogP contribution in [0.4, 0.5) is 11.4 Å². The number of hydrogen-bond donors (Lipinski definition) is 2. The first-order valence-corrected chi connectivity index (χ1v) is 6.48. The van der Waals surface area contributed by atoms with Crippen molar-refractivity contribution in [3.05, 3.63) is 52.6 Å². The number of nitro benzene ring substituents is 1. The first-order chi connectivity index (χ1) is 10.1. The fourth-order valence-electron chi connectivity index (χ4n) is 2.44. The standard InChI is InChI=1S/C15H13N3O3/c1-9(19)16-15-10-5-2-3-6-11(10)17-12-7-4-8-13(14(12)15)18(20)21/h2-9,19H,1H3,(H,16,17). The number of nitro groups is 1. The molecule has 21 heavy (non-hydrogen) atoms. The number of anilines is 1. The molecule has 0 radical (unpaired) electrons. The van der Waals surface area contributed by atoms with Crippen LogP contribution in [-0.4, -0.2) is 21.2 Å². The van der Waals surface area contributed by atoms with Crippen molar-refractivity contribution in [3.8, 4) is 0 Å². The number of aliphatic hydroxyl groups excluding tert-OH is 1. The summed E-state index contributed by atoms with van der Waals surface area (Å²) < 4.78 is 0. The lowest BCUT2D eigenvalue weighted by atomic mass is 10.1. The minimum absolute atomic E-state index is 0.0334. The average Bonchev–Trinajstić information content (AvgIpc) is 2.45. The van der Waals surface area contributed by atoms with E-state index in [1.807, 2.05) is 24.3 Å². The predicted octanol–water partition coefficient (Wildman–Crippen LogP) is 3.05. The van der Waals surface area contributed by atoms with E-state index in [-0.39, 0.29) is 5.69 Å². The molecule has 2 aromatic carbocycles. The van der Waals surface area contributed by atoms with Crippen molar-refractivity contribution in [2.75, 3.05) is 5.32 Å². The molecule has 0 saturated heterocycles. The van der Waals surface area contributed by atoms with Crippen molar-refractivity contribution in [2.45, 2.75) is 13.2 Å². The molecule has 1 unspecified atom stereocenters. The quantitative estimate of drug-likeness (QED) is 0.334. The van der Waals surface area contributed by atoms with E-state index in [0.717, 1.165) is 5.39 Å². The maximum Gasteiger partial charge on any atom is 0.280 e. The molecule has 2 N–H and O–H groups in total. The molecular formula is C15H13N3O3. The van der Waals surface area contributed by atoms with Gasteiger partial charge in [-0.3, -0.25) is 10.1 Å². The number of nitrogens with one attached hydrogen (secondary N) is 1. The minimum atomic E-state index is -0.834. The third-order valence-corrected chi connectivity index (χ3v) is 3.23. The highest BCUT2D eigenvalue weighted by Gasteiger charge is 2.19. The van der Waals surface area contributed by atoms with Crippen LogP contribution in [0.2, 0.25) is 0 Å². The number of aromatic nitrogens is 1. The molecular weight excluding hydrogens is 270 g/mol. The molecule has 0 fully saturated rings. The van der Waals surface area contributed by atoms with Gasteiger partial charge in [-0.1, -0.05) is 24.3 Å². The summed E-state index contributed by atoms with van der Waals surface area (Å²) in [6.45, 7) is 1.57. The van der Waals surface area contributed by atoms with Crippen molar-refractivity contribution in [1.82, 2.24) is 4.98 Å². The number of benzene rings is 2. The number of rotatable bonds is 3. The van der Waals surface area contributed by atoms with E-state index in [4.69, 9.17) is 0 Å². The molecule has 0 saturated carbocycles. The van der Waals surface area contributed by atoms with Gasteiger partial charge in [0.1, 0.15) is 11.6 Å². The van der Waals surface area contributed by atoms with Crippen molar-refractivity contribution in [3.63, 3.8) is 0 Å². The lowest BCUT2D eigenvalue weighted by Crippen LogP contribution is -2.14. The zero-order valence-corrected chi connectivity index (χ0v) is 11.3. The fraction of sp³-hybridized carbons (Fsp3) is 0.133. The summed E-state index contributed by atoms with van der Waals surface area (Å²) in [4.78, 5) is 15.3. The van der Waals surface area contributed by atoms with Gasteiger partial charge in [0.2, 0.25) is 0 Å². The lowest BCUT2D eigenvalue weighted by Gasteiger charge is -2.15. The summed E-state index contributed by atoms with van der Waals surface area (Å²) >= 11 is 0. The molecule has 0 spiro atoms. The second kappa shape index (κ2) is 4.99. The van der Waals surface area contributed by atoms with Crippen LogP contribution in [0.3, 0.4) is 0 Å². The second-order valence-corrected chi connectivity index (χ2v) is 4.75. The van der Waals surface area contributed by atoms with Crippen LogP contribution in [0.1, 0.15) is 6.92 Å². The van der Waals surface area contributed by atoms with Gasteiger partial charge in [-0.15, -0.1) is 0 Å². The molecule has 3 rings (SSSR count). The topological polar surface area (TPSA) is 88.3 Å². The Kier molecular flexibility index (Phi) is 3.15. The molecule has 0 aliphatic heterocycles. The Balaban J connectivity index is 2.49. The van der Waals surface area contributed by atoms with Gasteiger partial charge < -0.3 is 10.4 Å². The van der Waals surface area contributed by atoms with Crippen LogP contribution in [0.5, 0.6) is 0 Å². The largest absolute Gasteiger partial charge is 0.374 e. The molecule has 1 aromatic heterocycles. The third-order valence-electron chi connectivity index (χ3n) is 3.23. The number of nitrogens with zero attached hydrogens (tertiary/aromatic N) is 2. The van der Waals surface area contributed by atoms with Crippen molar-refractivity contribution >= 4 is 33.2 Å². The smallest absolute Gasteiger partial charge is 0.280 e. The van der Waals surface area contributed by atoms with E-state index in [9.17, 15) is 15.2 Å². The fourth-order valence-corrected chi connectivity index (χ4v) is 2.44. The van der Waals surface area contributed by atoms with Crippen LogP contribution in [0.25, 0.3) is 21.8 Å². The van der Waals surface area contributed by atoms with E-state index >= 15 is 0 Å². The van der Waals surface area contributed by atoms with Gasteiger partial charge in [0, 0.05) is 11.5 Å². The first kappa shape index (κ1) is 13.3. The molecule has 0 amide bonds. The van der Waals surface area contributed by atoms with E-state index < -0.39 is 11.2 Å². The summed E-state index contributed by atoms with van der Waals surface area (Å²) in [7, 11) is 0. The molecule has 0 bridgehead atoms. The molecule has 6 heteroatoms. The second-order valence-electron chi connectivity index (χ2n) is 4.75. The maximum absolute atomic E-state index is 11.3. The molecule has 106 valence electrons. The van der Waals surface area contributed by atoms with Crippen molar-refractivity contribution in [1.29, 1.82) is 0 Å². The van der Waals surface area contributed by atoms with Crippen molar-refractivity contribution in [2.24, 2.45) is 0 Å². The Morgan fingerprint density at radius 1 is 1.19 bits per heavy atom. The molecule has 0 aliphatic rings. The highest BCUT2D eigenvalue weighted by molar-refractivity contribution is 6.11. The normalized spacial score (nSPS) is 12.5. The number of aliphatic hydroxyl groups is 1. The lowest BCUT2D eigenvalue weighted by molar-refractivity contribution is -0.383. The van der Waals surface area contributed by atoms with Crippen LogP contribution in [0.15, 0.2) is 42.5 Å². The SMILES string of the molecule is CC(O)Nc1c2ccccc2nc2cccc([N+](=O)[O-])c12. The van der Waals surface area contributed by atoms with Gasteiger partial charge in [0.25, 0.3) is 5.69 Å². The zero-order chi connectivity index (χ0) is 15.0. The summed E-state index contributed by atoms with van der Waals surface area (Å²) in [6, 6.07) is 12.1. The van der Waals surface area contributed by atoms with E-state index in [0.29, 0.717) is 22.1 Å². The number of fused-ring (bicyclic) bond motifs is 2. The monoisotopic (exact) mass is 283 g/mol. The predicted molar refractivity (Wildman–Crippen MR) is 81.2 cm³/mol. The highest BCUT2D eigenvalue weighted by Crippen LogP contribution is 2.36. The van der Waals surface area contributed by atoms with Crippen LogP contribution >= 0.6 is 0 Å². The Bertz CT molecular complexity index is 846. The number of non-ortho nitro benzene ring substituents is 1. The van der Waals surface area contributed by atoms with Crippen LogP contribution < -0.4 is 5.32 Å². The van der Waals surface area contributed by atoms with Gasteiger partial charge in [0.15, 0.2) is 0 Å².